The topological polar surface area (TPSA) is 41.1 Å². The molecule has 120 valence electrons. The molecule has 0 heterocycles. The van der Waals surface area contributed by atoms with Crippen LogP contribution in [0.3, 0.4) is 0 Å². The van der Waals surface area contributed by atoms with Gasteiger partial charge in [-0.1, -0.05) is 37.5 Å². The Bertz CT molecular complexity index is 658. The normalized spacial score (nSPS) is 15.2. The summed E-state index contributed by atoms with van der Waals surface area (Å²) in [6.07, 6.45) is 6.52. The molecular formula is C20H24N2O. The first-order valence-corrected chi connectivity index (χ1v) is 8.46. The monoisotopic (exact) mass is 308 g/mol. The maximum Gasteiger partial charge on any atom is 0.255 e. The zero-order valence-electron chi connectivity index (χ0n) is 13.6. The Balaban J connectivity index is 1.61. The van der Waals surface area contributed by atoms with Gasteiger partial charge in [-0.05, 0) is 55.7 Å². The Morgan fingerprint density at radius 3 is 2.26 bits per heavy atom. The van der Waals surface area contributed by atoms with Crippen molar-refractivity contribution >= 4 is 17.3 Å². The highest BCUT2D eigenvalue weighted by Crippen LogP contribution is 2.22. The lowest BCUT2D eigenvalue weighted by Crippen LogP contribution is -2.22. The van der Waals surface area contributed by atoms with Crippen LogP contribution in [0.2, 0.25) is 0 Å². The van der Waals surface area contributed by atoms with Crippen molar-refractivity contribution in [1.82, 2.24) is 0 Å². The molecule has 0 saturated heterocycles. The van der Waals surface area contributed by atoms with Crippen LogP contribution in [-0.2, 0) is 0 Å². The average molecular weight is 308 g/mol. The van der Waals surface area contributed by atoms with E-state index in [2.05, 4.69) is 10.6 Å². The third kappa shape index (κ3) is 4.13. The fraction of sp³-hybridized carbons (Fsp3) is 0.350. The van der Waals surface area contributed by atoms with Crippen molar-refractivity contribution in [2.45, 2.75) is 45.1 Å². The van der Waals surface area contributed by atoms with Crippen LogP contribution in [0, 0.1) is 6.92 Å². The standard InChI is InChI=1S/C20H24N2O/c1-15-7-5-6-10-19(15)20(23)22-18-13-11-17(12-14-18)21-16-8-3-2-4-9-16/h5-7,10-14,16,21H,2-4,8-9H2,1H3,(H,22,23). The van der Waals surface area contributed by atoms with E-state index in [0.29, 0.717) is 6.04 Å². The summed E-state index contributed by atoms with van der Waals surface area (Å²) in [6.45, 7) is 1.95. The van der Waals surface area contributed by atoms with Crippen LogP contribution in [0.15, 0.2) is 48.5 Å². The highest BCUT2D eigenvalue weighted by molar-refractivity contribution is 6.05. The minimum Gasteiger partial charge on any atom is -0.382 e. The number of hydrogen-bond acceptors (Lipinski definition) is 2. The van der Waals surface area contributed by atoms with Crippen LogP contribution in [0.4, 0.5) is 11.4 Å². The lowest BCUT2D eigenvalue weighted by Gasteiger charge is -2.23. The molecule has 3 rings (SSSR count). The number of carbonyl (C=O) groups excluding carboxylic acids is 1. The summed E-state index contributed by atoms with van der Waals surface area (Å²) in [5.41, 5.74) is 3.66. The first-order chi connectivity index (χ1) is 11.2. The first-order valence-electron chi connectivity index (χ1n) is 8.46. The van der Waals surface area contributed by atoms with Gasteiger partial charge in [-0.15, -0.1) is 0 Å². The van der Waals surface area contributed by atoms with E-state index in [1.807, 2.05) is 55.5 Å². The molecule has 0 aliphatic heterocycles. The van der Waals surface area contributed by atoms with E-state index in [0.717, 1.165) is 22.5 Å². The summed E-state index contributed by atoms with van der Waals surface area (Å²) in [5.74, 6) is -0.0592. The van der Waals surface area contributed by atoms with Crippen LogP contribution in [-0.4, -0.2) is 11.9 Å². The largest absolute Gasteiger partial charge is 0.382 e. The van der Waals surface area contributed by atoms with Crippen LogP contribution in [0.1, 0.15) is 48.0 Å². The molecule has 1 saturated carbocycles. The fourth-order valence-electron chi connectivity index (χ4n) is 3.16. The molecule has 0 spiro atoms. The summed E-state index contributed by atoms with van der Waals surface area (Å²) < 4.78 is 0. The van der Waals surface area contributed by atoms with Gasteiger partial charge in [0.25, 0.3) is 5.91 Å². The maximum absolute atomic E-state index is 12.3. The van der Waals surface area contributed by atoms with Gasteiger partial charge in [0.15, 0.2) is 0 Å². The molecule has 0 bridgehead atoms. The molecule has 0 atom stereocenters. The van der Waals surface area contributed by atoms with Gasteiger partial charge in [0.2, 0.25) is 0 Å². The van der Waals surface area contributed by atoms with Gasteiger partial charge in [-0.25, -0.2) is 0 Å². The molecule has 0 aromatic heterocycles. The molecule has 1 fully saturated rings. The maximum atomic E-state index is 12.3. The minimum absolute atomic E-state index is 0.0592. The first kappa shape index (κ1) is 15.6. The highest BCUT2D eigenvalue weighted by Gasteiger charge is 2.13. The van der Waals surface area contributed by atoms with Crippen LogP contribution in [0.5, 0.6) is 0 Å². The number of rotatable bonds is 4. The van der Waals surface area contributed by atoms with Gasteiger partial charge in [-0.2, -0.15) is 0 Å². The molecule has 1 aliphatic rings. The van der Waals surface area contributed by atoms with E-state index < -0.39 is 0 Å². The van der Waals surface area contributed by atoms with Crippen LogP contribution < -0.4 is 10.6 Å². The fourth-order valence-corrected chi connectivity index (χ4v) is 3.16. The van der Waals surface area contributed by atoms with Crippen LogP contribution >= 0.6 is 0 Å². The van der Waals surface area contributed by atoms with Crippen molar-refractivity contribution in [2.24, 2.45) is 0 Å². The van der Waals surface area contributed by atoms with Crippen molar-refractivity contribution in [2.75, 3.05) is 10.6 Å². The number of carbonyl (C=O) groups is 1. The van der Waals surface area contributed by atoms with E-state index >= 15 is 0 Å². The van der Waals surface area contributed by atoms with Crippen molar-refractivity contribution in [3.63, 3.8) is 0 Å². The van der Waals surface area contributed by atoms with Gasteiger partial charge < -0.3 is 10.6 Å². The quantitative estimate of drug-likeness (QED) is 0.835. The van der Waals surface area contributed by atoms with Crippen LogP contribution in [0.25, 0.3) is 0 Å². The number of hydrogen-bond donors (Lipinski definition) is 2. The van der Waals surface area contributed by atoms with Crippen molar-refractivity contribution in [3.05, 3.63) is 59.7 Å². The SMILES string of the molecule is Cc1ccccc1C(=O)Nc1ccc(NC2CCCCC2)cc1. The molecular weight excluding hydrogens is 284 g/mol. The summed E-state index contributed by atoms with van der Waals surface area (Å²) in [7, 11) is 0. The third-order valence-corrected chi connectivity index (χ3v) is 4.51. The number of benzene rings is 2. The molecule has 3 heteroatoms. The second kappa shape index (κ2) is 7.32. The summed E-state index contributed by atoms with van der Waals surface area (Å²) >= 11 is 0. The second-order valence-electron chi connectivity index (χ2n) is 6.33. The van der Waals surface area contributed by atoms with E-state index in [-0.39, 0.29) is 5.91 Å². The van der Waals surface area contributed by atoms with Gasteiger partial charge in [0.1, 0.15) is 0 Å². The molecule has 0 unspecified atom stereocenters. The number of aryl methyl sites for hydroxylation is 1. The van der Waals surface area contributed by atoms with E-state index in [1.165, 1.54) is 32.1 Å². The predicted molar refractivity (Wildman–Crippen MR) is 96.1 cm³/mol. The number of anilines is 2. The Morgan fingerprint density at radius 1 is 0.913 bits per heavy atom. The van der Waals surface area contributed by atoms with E-state index in [1.54, 1.807) is 0 Å². The molecule has 3 nitrogen and oxygen atoms in total. The molecule has 2 aromatic rings. The Morgan fingerprint density at radius 2 is 1.57 bits per heavy atom. The lowest BCUT2D eigenvalue weighted by molar-refractivity contribution is 0.102. The van der Waals surface area contributed by atoms with Gasteiger partial charge in [-0.3, -0.25) is 4.79 Å². The zero-order valence-corrected chi connectivity index (χ0v) is 13.6. The number of nitrogens with one attached hydrogen (secondary N) is 2. The van der Waals surface area contributed by atoms with E-state index in [4.69, 9.17) is 0 Å². The molecule has 23 heavy (non-hydrogen) atoms. The van der Waals surface area contributed by atoms with Gasteiger partial charge >= 0.3 is 0 Å². The van der Waals surface area contributed by atoms with Gasteiger partial charge in [0.05, 0.1) is 0 Å². The van der Waals surface area contributed by atoms with Crippen molar-refractivity contribution < 1.29 is 4.79 Å². The van der Waals surface area contributed by atoms with E-state index in [9.17, 15) is 4.79 Å². The molecule has 2 N–H and O–H groups in total. The third-order valence-electron chi connectivity index (χ3n) is 4.51. The summed E-state index contributed by atoms with van der Waals surface area (Å²) in [6, 6.07) is 16.2. The second-order valence-corrected chi connectivity index (χ2v) is 6.33. The Labute approximate surface area is 138 Å². The molecule has 0 radical (unpaired) electrons. The Hall–Kier alpha value is -2.29. The number of amides is 1. The highest BCUT2D eigenvalue weighted by atomic mass is 16.1. The molecule has 1 aliphatic carbocycles. The Kier molecular flexibility index (Phi) is 4.96. The minimum atomic E-state index is -0.0592. The lowest BCUT2D eigenvalue weighted by atomic mass is 9.95. The summed E-state index contributed by atoms with van der Waals surface area (Å²) in [4.78, 5) is 12.3. The van der Waals surface area contributed by atoms with Crippen molar-refractivity contribution in [3.8, 4) is 0 Å². The predicted octanol–water partition coefficient (Wildman–Crippen LogP) is 4.99. The molecule has 2 aromatic carbocycles. The zero-order chi connectivity index (χ0) is 16.1. The van der Waals surface area contributed by atoms with Crippen molar-refractivity contribution in [1.29, 1.82) is 0 Å². The molecule has 1 amide bonds. The van der Waals surface area contributed by atoms with Gasteiger partial charge in [0, 0.05) is 23.0 Å². The average Bonchev–Trinajstić information content (AvgIpc) is 2.58. The smallest absolute Gasteiger partial charge is 0.255 e. The summed E-state index contributed by atoms with van der Waals surface area (Å²) in [5, 5.41) is 6.55.